The number of para-hydroxylation sites is 1. The first kappa shape index (κ1) is 20.6. The van der Waals surface area contributed by atoms with Crippen LogP contribution < -0.4 is 14.8 Å². The highest BCUT2D eigenvalue weighted by Crippen LogP contribution is 2.29. The summed E-state index contributed by atoms with van der Waals surface area (Å²) >= 11 is 0. The van der Waals surface area contributed by atoms with E-state index in [1.807, 2.05) is 42.6 Å². The summed E-state index contributed by atoms with van der Waals surface area (Å²) in [5, 5.41) is 3.46. The van der Waals surface area contributed by atoms with Gasteiger partial charge in [0.05, 0.1) is 30.4 Å². The Morgan fingerprint density at radius 1 is 1.11 bits per heavy atom. The molecule has 7 heteroatoms. The van der Waals surface area contributed by atoms with Gasteiger partial charge in [0.15, 0.2) is 0 Å². The van der Waals surface area contributed by atoms with Gasteiger partial charge in [0.25, 0.3) is 0 Å². The average Bonchev–Trinajstić information content (AvgIpc) is 2.73. The molecule has 152 valence electrons. The van der Waals surface area contributed by atoms with E-state index in [1.165, 1.54) is 0 Å². The van der Waals surface area contributed by atoms with Gasteiger partial charge in [-0.1, -0.05) is 12.1 Å². The van der Waals surface area contributed by atoms with Crippen LogP contribution in [-0.2, 0) is 10.0 Å². The fourth-order valence-corrected chi connectivity index (χ4v) is 4.51. The van der Waals surface area contributed by atoms with Crippen molar-refractivity contribution in [2.24, 2.45) is 5.92 Å². The third-order valence-electron chi connectivity index (χ3n) is 5.31. The van der Waals surface area contributed by atoms with Crippen molar-refractivity contribution in [3.05, 3.63) is 42.6 Å². The predicted molar refractivity (Wildman–Crippen MR) is 113 cm³/mol. The number of benzene rings is 1. The molecule has 0 saturated heterocycles. The van der Waals surface area contributed by atoms with E-state index in [4.69, 9.17) is 4.74 Å². The first-order valence-corrected chi connectivity index (χ1v) is 11.5. The molecule has 6 nitrogen and oxygen atoms in total. The first-order valence-electron chi connectivity index (χ1n) is 9.84. The topological polar surface area (TPSA) is 80.3 Å². The third-order valence-corrected chi connectivity index (χ3v) is 6.77. The maximum absolute atomic E-state index is 11.7. The van der Waals surface area contributed by atoms with Crippen LogP contribution in [0.2, 0.25) is 0 Å². The van der Waals surface area contributed by atoms with Crippen molar-refractivity contribution in [1.82, 2.24) is 9.71 Å². The van der Waals surface area contributed by atoms with Crippen molar-refractivity contribution < 1.29 is 13.2 Å². The fourth-order valence-electron chi connectivity index (χ4n) is 3.60. The number of aromatic nitrogens is 1. The smallest absolute Gasteiger partial charge is 0.211 e. The van der Waals surface area contributed by atoms with E-state index in [1.54, 1.807) is 14.0 Å². The number of nitrogens with zero attached hydrogens (tertiary/aromatic N) is 1. The highest BCUT2D eigenvalue weighted by molar-refractivity contribution is 7.89. The van der Waals surface area contributed by atoms with E-state index < -0.39 is 10.0 Å². The molecule has 0 unspecified atom stereocenters. The Labute approximate surface area is 167 Å². The zero-order valence-corrected chi connectivity index (χ0v) is 17.3. The summed E-state index contributed by atoms with van der Waals surface area (Å²) < 4.78 is 31.6. The molecule has 1 heterocycles. The maximum Gasteiger partial charge on any atom is 0.211 e. The summed E-state index contributed by atoms with van der Waals surface area (Å²) in [5.41, 5.74) is 2.85. The summed E-state index contributed by atoms with van der Waals surface area (Å²) in [6.07, 6.45) is 5.70. The molecule has 1 saturated carbocycles. The second kappa shape index (κ2) is 9.39. The lowest BCUT2D eigenvalue weighted by Gasteiger charge is -2.29. The van der Waals surface area contributed by atoms with E-state index in [0.29, 0.717) is 5.92 Å². The van der Waals surface area contributed by atoms with Gasteiger partial charge in [-0.25, -0.2) is 13.1 Å². The molecular formula is C21H29N3O3S. The van der Waals surface area contributed by atoms with E-state index >= 15 is 0 Å². The number of ether oxygens (including phenoxy) is 1. The first-order chi connectivity index (χ1) is 13.5. The number of sulfonamides is 1. The molecule has 0 aliphatic heterocycles. The van der Waals surface area contributed by atoms with E-state index in [0.717, 1.165) is 54.9 Å². The maximum atomic E-state index is 11.7. The number of hydrogen-bond donors (Lipinski definition) is 2. The number of nitrogens with one attached hydrogen (secondary N) is 2. The van der Waals surface area contributed by atoms with E-state index in [-0.39, 0.29) is 11.8 Å². The third kappa shape index (κ3) is 5.45. The lowest BCUT2D eigenvalue weighted by atomic mass is 9.86. The summed E-state index contributed by atoms with van der Waals surface area (Å²) in [6, 6.07) is 12.0. The van der Waals surface area contributed by atoms with Gasteiger partial charge in [-0.15, -0.1) is 0 Å². The Morgan fingerprint density at radius 2 is 1.86 bits per heavy atom. The zero-order valence-electron chi connectivity index (χ0n) is 16.5. The highest BCUT2D eigenvalue weighted by Gasteiger charge is 2.24. The minimum Gasteiger partial charge on any atom is -0.496 e. The van der Waals surface area contributed by atoms with Crippen LogP contribution in [0.15, 0.2) is 42.6 Å². The quantitative estimate of drug-likeness (QED) is 0.703. The molecule has 2 N–H and O–H groups in total. The fraction of sp³-hybridized carbons (Fsp3) is 0.476. The molecule has 3 rings (SSSR count). The number of rotatable bonds is 8. The van der Waals surface area contributed by atoms with Gasteiger partial charge in [0.2, 0.25) is 10.0 Å². The molecular weight excluding hydrogens is 374 g/mol. The highest BCUT2D eigenvalue weighted by atomic mass is 32.2. The van der Waals surface area contributed by atoms with Crippen LogP contribution in [0, 0.1) is 5.92 Å². The lowest BCUT2D eigenvalue weighted by Crippen LogP contribution is -2.39. The Morgan fingerprint density at radius 3 is 2.50 bits per heavy atom. The average molecular weight is 404 g/mol. The minimum atomic E-state index is -3.11. The minimum absolute atomic E-state index is 0.0861. The van der Waals surface area contributed by atoms with Gasteiger partial charge in [0.1, 0.15) is 5.75 Å². The second-order valence-corrected chi connectivity index (χ2v) is 9.29. The molecule has 0 bridgehead atoms. The van der Waals surface area contributed by atoms with Crippen LogP contribution in [0.3, 0.4) is 0 Å². The number of hydrogen-bond acceptors (Lipinski definition) is 5. The number of anilines is 1. The molecule has 2 aromatic rings. The normalized spacial score (nSPS) is 19.9. The Balaban J connectivity index is 1.50. The van der Waals surface area contributed by atoms with Crippen molar-refractivity contribution >= 4 is 15.7 Å². The van der Waals surface area contributed by atoms with Gasteiger partial charge < -0.3 is 10.1 Å². The summed E-state index contributed by atoms with van der Waals surface area (Å²) in [4.78, 5) is 4.56. The molecule has 0 radical (unpaired) electrons. The summed E-state index contributed by atoms with van der Waals surface area (Å²) in [7, 11) is -1.44. The molecule has 1 fully saturated rings. The van der Waals surface area contributed by atoms with E-state index in [2.05, 4.69) is 15.0 Å². The molecule has 1 aromatic carbocycles. The van der Waals surface area contributed by atoms with Crippen molar-refractivity contribution in [3.63, 3.8) is 0 Å². The van der Waals surface area contributed by atoms with Crippen molar-refractivity contribution in [1.29, 1.82) is 0 Å². The van der Waals surface area contributed by atoms with Gasteiger partial charge in [-0.3, -0.25) is 4.98 Å². The van der Waals surface area contributed by atoms with Gasteiger partial charge in [-0.05, 0) is 62.8 Å². The van der Waals surface area contributed by atoms with Crippen molar-refractivity contribution in [3.8, 4) is 17.0 Å². The second-order valence-electron chi connectivity index (χ2n) is 7.25. The molecule has 0 amide bonds. The Kier molecular flexibility index (Phi) is 6.91. The van der Waals surface area contributed by atoms with E-state index in [9.17, 15) is 8.42 Å². The van der Waals surface area contributed by atoms with Crippen LogP contribution in [0.5, 0.6) is 5.75 Å². The predicted octanol–water partition coefficient (Wildman–Crippen LogP) is 3.67. The molecule has 1 aliphatic rings. The largest absolute Gasteiger partial charge is 0.496 e. The Hall–Kier alpha value is -2.12. The van der Waals surface area contributed by atoms with Crippen LogP contribution >= 0.6 is 0 Å². The van der Waals surface area contributed by atoms with Crippen LogP contribution in [-0.4, -0.2) is 38.9 Å². The van der Waals surface area contributed by atoms with Crippen LogP contribution in [0.1, 0.15) is 32.6 Å². The zero-order chi connectivity index (χ0) is 20.0. The van der Waals surface area contributed by atoms with Crippen molar-refractivity contribution in [2.45, 2.75) is 38.6 Å². The monoisotopic (exact) mass is 403 g/mol. The summed E-state index contributed by atoms with van der Waals surface area (Å²) in [6.45, 7) is 2.55. The molecule has 1 aromatic heterocycles. The standard InChI is InChI=1S/C21H29N3O3S/c1-3-28(25,26)24-17-10-8-16(9-11-17)14-22-18-12-13-20(23-15-18)19-6-4-5-7-21(19)27-2/h4-7,12-13,15-17,22,24H,3,8-11,14H2,1-2H3/t16-,17-. The van der Waals surface area contributed by atoms with Crippen LogP contribution in [0.4, 0.5) is 5.69 Å². The molecule has 28 heavy (non-hydrogen) atoms. The summed E-state index contributed by atoms with van der Waals surface area (Å²) in [5.74, 6) is 1.51. The molecule has 0 atom stereocenters. The molecule has 0 spiro atoms. The molecule has 1 aliphatic carbocycles. The number of methoxy groups -OCH3 is 1. The van der Waals surface area contributed by atoms with Gasteiger partial charge >= 0.3 is 0 Å². The van der Waals surface area contributed by atoms with Gasteiger partial charge in [0, 0.05) is 18.2 Å². The Bertz CT molecular complexity index is 861. The SMILES string of the molecule is CCS(=O)(=O)N[C@H]1CC[C@H](CNc2ccc(-c3ccccc3OC)nc2)CC1. The van der Waals surface area contributed by atoms with Crippen molar-refractivity contribution in [2.75, 3.05) is 24.7 Å². The number of pyridine rings is 1. The van der Waals surface area contributed by atoms with Crippen LogP contribution in [0.25, 0.3) is 11.3 Å². The van der Waals surface area contributed by atoms with Gasteiger partial charge in [-0.2, -0.15) is 0 Å². The lowest BCUT2D eigenvalue weighted by molar-refractivity contribution is 0.324.